The van der Waals surface area contributed by atoms with E-state index in [9.17, 15) is 10.2 Å². The minimum atomic E-state index is -0.733. The first-order valence-corrected chi connectivity index (χ1v) is 11.5. The predicted octanol–water partition coefficient (Wildman–Crippen LogP) is 2.67. The lowest BCUT2D eigenvalue weighted by atomic mass is 9.73. The smallest absolute Gasteiger partial charge is 0.0954 e. The number of hydrogen-bond acceptors (Lipinski definition) is 6. The quantitative estimate of drug-likeness (QED) is 0.668. The molecule has 27 heavy (non-hydrogen) atoms. The topological polar surface area (TPSA) is 50.2 Å². The van der Waals surface area contributed by atoms with Gasteiger partial charge in [-0.05, 0) is 80.8 Å². The van der Waals surface area contributed by atoms with Crippen molar-refractivity contribution < 1.29 is 10.2 Å². The van der Waals surface area contributed by atoms with Crippen LogP contribution in [0.3, 0.4) is 0 Å². The third kappa shape index (κ3) is 5.40. The second-order valence-corrected chi connectivity index (χ2v) is 11.4. The molecule has 160 valence electrons. The van der Waals surface area contributed by atoms with Gasteiger partial charge in [0.05, 0.1) is 11.2 Å². The van der Waals surface area contributed by atoms with Gasteiger partial charge in [-0.2, -0.15) is 0 Å². The standard InChI is InChI=1S/C21H43N3O2S/c1-16(2)23-12-18(11-21(26,15-23)19(4,5)22(7)8)13-27-24-14-20(6,25)10-9-17(24)3/h16-18,25-26H,9-15H2,1-8H3/t17-,18?,20+,21+/m0/s1. The van der Waals surface area contributed by atoms with Gasteiger partial charge in [0, 0.05) is 43.0 Å². The molecular formula is C21H43N3O2S. The number of likely N-dealkylation sites (N-methyl/N-ethyl adjacent to an activating group) is 1. The van der Waals surface area contributed by atoms with E-state index in [0.717, 1.165) is 44.6 Å². The van der Waals surface area contributed by atoms with Crippen LogP contribution in [-0.4, -0.2) is 92.6 Å². The molecule has 0 saturated carbocycles. The highest BCUT2D eigenvalue weighted by Gasteiger charge is 2.50. The van der Waals surface area contributed by atoms with Gasteiger partial charge in [-0.1, -0.05) is 11.9 Å². The second kappa shape index (κ2) is 8.49. The molecule has 0 aliphatic carbocycles. The fourth-order valence-electron chi connectivity index (χ4n) is 4.31. The molecule has 2 saturated heterocycles. The molecule has 2 heterocycles. The van der Waals surface area contributed by atoms with Gasteiger partial charge < -0.3 is 15.1 Å². The van der Waals surface area contributed by atoms with E-state index in [2.05, 4.69) is 62.8 Å². The van der Waals surface area contributed by atoms with E-state index in [1.807, 2.05) is 18.9 Å². The van der Waals surface area contributed by atoms with Crippen molar-refractivity contribution >= 4 is 11.9 Å². The average molecular weight is 402 g/mol. The summed E-state index contributed by atoms with van der Waals surface area (Å²) in [5, 5.41) is 22.1. The molecule has 2 fully saturated rings. The minimum Gasteiger partial charge on any atom is -0.389 e. The Balaban J connectivity index is 2.09. The van der Waals surface area contributed by atoms with E-state index >= 15 is 0 Å². The lowest BCUT2D eigenvalue weighted by Gasteiger charge is -2.54. The summed E-state index contributed by atoms with van der Waals surface area (Å²) in [6.45, 7) is 15.5. The molecule has 0 spiro atoms. The van der Waals surface area contributed by atoms with Gasteiger partial charge in [0.2, 0.25) is 0 Å². The molecule has 0 bridgehead atoms. The van der Waals surface area contributed by atoms with E-state index in [4.69, 9.17) is 0 Å². The van der Waals surface area contributed by atoms with Gasteiger partial charge in [0.25, 0.3) is 0 Å². The van der Waals surface area contributed by atoms with Gasteiger partial charge in [-0.15, -0.1) is 0 Å². The Morgan fingerprint density at radius 1 is 1.22 bits per heavy atom. The molecule has 0 radical (unpaired) electrons. The summed E-state index contributed by atoms with van der Waals surface area (Å²) in [5.41, 5.74) is -1.60. The number of piperidine rings is 2. The summed E-state index contributed by atoms with van der Waals surface area (Å²) >= 11 is 1.87. The van der Waals surface area contributed by atoms with Crippen LogP contribution < -0.4 is 0 Å². The van der Waals surface area contributed by atoms with Crippen molar-refractivity contribution in [1.29, 1.82) is 0 Å². The first-order chi connectivity index (χ1) is 12.3. The summed E-state index contributed by atoms with van der Waals surface area (Å²) in [6.07, 6.45) is 2.75. The molecule has 2 rings (SSSR count). The van der Waals surface area contributed by atoms with Crippen LogP contribution in [0.5, 0.6) is 0 Å². The van der Waals surface area contributed by atoms with Crippen LogP contribution in [0.15, 0.2) is 0 Å². The highest BCUT2D eigenvalue weighted by Crippen LogP contribution is 2.39. The maximum absolute atomic E-state index is 11.7. The summed E-state index contributed by atoms with van der Waals surface area (Å²) < 4.78 is 2.37. The van der Waals surface area contributed by atoms with E-state index in [1.54, 1.807) is 0 Å². The molecular weight excluding hydrogens is 358 g/mol. The molecule has 0 aromatic rings. The lowest BCUT2D eigenvalue weighted by Crippen LogP contribution is -2.67. The SMILES string of the molecule is CC(C)N1CC(CSN2C[C@](C)(O)CC[C@@H]2C)C[C@](O)(C(C)(C)N(C)C)C1. The van der Waals surface area contributed by atoms with E-state index < -0.39 is 11.2 Å². The summed E-state index contributed by atoms with van der Waals surface area (Å²) in [7, 11) is 4.13. The molecule has 2 aliphatic rings. The Labute approximate surface area is 171 Å². The number of β-amino-alcohol motifs (C(OH)–C–C–N with tert-alkyl or cyclic N) is 2. The minimum absolute atomic E-state index is 0.286. The van der Waals surface area contributed by atoms with Crippen molar-refractivity contribution in [3.8, 4) is 0 Å². The van der Waals surface area contributed by atoms with Gasteiger partial charge in [0.1, 0.15) is 0 Å². The van der Waals surface area contributed by atoms with Crippen LogP contribution in [0.1, 0.15) is 60.8 Å². The fourth-order valence-corrected chi connectivity index (χ4v) is 5.67. The average Bonchev–Trinajstić information content (AvgIpc) is 2.55. The first kappa shape index (κ1) is 23.4. The zero-order valence-electron chi connectivity index (χ0n) is 18.8. The normalized spacial score (nSPS) is 37.3. The third-order valence-electron chi connectivity index (χ3n) is 7.14. The molecule has 0 aromatic heterocycles. The zero-order chi connectivity index (χ0) is 20.6. The van der Waals surface area contributed by atoms with Crippen molar-refractivity contribution in [3.05, 3.63) is 0 Å². The number of nitrogens with zero attached hydrogens (tertiary/aromatic N) is 3. The molecule has 6 heteroatoms. The first-order valence-electron chi connectivity index (χ1n) is 10.5. The van der Waals surface area contributed by atoms with Crippen LogP contribution >= 0.6 is 11.9 Å². The van der Waals surface area contributed by atoms with E-state index in [1.165, 1.54) is 0 Å². The fraction of sp³-hybridized carbons (Fsp3) is 1.00. The van der Waals surface area contributed by atoms with Crippen LogP contribution in [0.25, 0.3) is 0 Å². The number of rotatable bonds is 6. The van der Waals surface area contributed by atoms with Crippen molar-refractivity contribution in [2.45, 2.75) is 89.6 Å². The van der Waals surface area contributed by atoms with E-state index in [0.29, 0.717) is 18.0 Å². The second-order valence-electron chi connectivity index (χ2n) is 10.3. The Morgan fingerprint density at radius 3 is 2.41 bits per heavy atom. The summed E-state index contributed by atoms with van der Waals surface area (Å²) in [6, 6.07) is 0.925. The Morgan fingerprint density at radius 2 is 1.85 bits per heavy atom. The molecule has 0 aromatic carbocycles. The largest absolute Gasteiger partial charge is 0.389 e. The molecule has 2 aliphatic heterocycles. The van der Waals surface area contributed by atoms with Gasteiger partial charge >= 0.3 is 0 Å². The number of aliphatic hydroxyl groups is 2. The molecule has 0 amide bonds. The Bertz CT molecular complexity index is 498. The maximum atomic E-state index is 11.7. The van der Waals surface area contributed by atoms with Crippen LogP contribution in [-0.2, 0) is 0 Å². The molecule has 4 atom stereocenters. The Kier molecular flexibility index (Phi) is 7.36. The summed E-state index contributed by atoms with van der Waals surface area (Å²) in [5.74, 6) is 1.43. The zero-order valence-corrected chi connectivity index (χ0v) is 19.6. The van der Waals surface area contributed by atoms with Crippen molar-refractivity contribution in [2.75, 3.05) is 39.5 Å². The third-order valence-corrected chi connectivity index (χ3v) is 8.58. The Hall–Kier alpha value is 0.150. The highest BCUT2D eigenvalue weighted by atomic mass is 32.2. The number of hydrogen-bond donors (Lipinski definition) is 2. The van der Waals surface area contributed by atoms with Crippen molar-refractivity contribution in [1.82, 2.24) is 14.1 Å². The van der Waals surface area contributed by atoms with Crippen molar-refractivity contribution in [2.24, 2.45) is 5.92 Å². The van der Waals surface area contributed by atoms with Crippen LogP contribution in [0.4, 0.5) is 0 Å². The van der Waals surface area contributed by atoms with Gasteiger partial charge in [-0.25, -0.2) is 4.31 Å². The van der Waals surface area contributed by atoms with Crippen molar-refractivity contribution in [3.63, 3.8) is 0 Å². The van der Waals surface area contributed by atoms with Gasteiger partial charge in [-0.3, -0.25) is 4.90 Å². The molecule has 1 unspecified atom stereocenters. The van der Waals surface area contributed by atoms with E-state index in [-0.39, 0.29) is 5.54 Å². The van der Waals surface area contributed by atoms with Crippen LogP contribution in [0.2, 0.25) is 0 Å². The summed E-state index contributed by atoms with van der Waals surface area (Å²) in [4.78, 5) is 4.60. The maximum Gasteiger partial charge on any atom is 0.0954 e. The highest BCUT2D eigenvalue weighted by molar-refractivity contribution is 7.97. The monoisotopic (exact) mass is 401 g/mol. The molecule has 5 nitrogen and oxygen atoms in total. The number of likely N-dealkylation sites (tertiary alicyclic amines) is 1. The lowest BCUT2D eigenvalue weighted by molar-refractivity contribution is -0.137. The van der Waals surface area contributed by atoms with Gasteiger partial charge in [0.15, 0.2) is 0 Å². The predicted molar refractivity (Wildman–Crippen MR) is 116 cm³/mol. The van der Waals surface area contributed by atoms with Crippen LogP contribution in [0, 0.1) is 5.92 Å². The molecule has 2 N–H and O–H groups in total.